The number of rotatable bonds is 5. The third kappa shape index (κ3) is 3.05. The van der Waals surface area contributed by atoms with Gasteiger partial charge in [-0.05, 0) is 12.5 Å². The monoisotopic (exact) mass is 294 g/mol. The zero-order valence-electron chi connectivity index (χ0n) is 11.2. The van der Waals surface area contributed by atoms with E-state index in [2.05, 4.69) is 20.6 Å². The van der Waals surface area contributed by atoms with Crippen LogP contribution in [-0.2, 0) is 20.0 Å². The van der Waals surface area contributed by atoms with Crippen LogP contribution in [0.5, 0.6) is 0 Å². The summed E-state index contributed by atoms with van der Waals surface area (Å²) >= 11 is 5.71. The number of carbonyl (C=O) groups is 1. The van der Waals surface area contributed by atoms with Gasteiger partial charge in [0.15, 0.2) is 11.0 Å². The highest BCUT2D eigenvalue weighted by Crippen LogP contribution is 2.16. The van der Waals surface area contributed by atoms with Gasteiger partial charge in [0.2, 0.25) is 0 Å². The summed E-state index contributed by atoms with van der Waals surface area (Å²) in [6.07, 6.45) is 2.74. The molecule has 0 saturated carbocycles. The number of nitrogens with one attached hydrogen (secondary N) is 1. The van der Waals surface area contributed by atoms with Gasteiger partial charge in [0, 0.05) is 25.4 Å². The van der Waals surface area contributed by atoms with Crippen LogP contribution in [0.4, 0.5) is 5.82 Å². The fourth-order valence-electron chi connectivity index (χ4n) is 1.89. The number of carbonyl (C=O) groups excluding carboxylic acids is 1. The highest BCUT2D eigenvalue weighted by Gasteiger charge is 2.13. The molecule has 0 unspecified atom stereocenters. The number of aromatic nitrogens is 4. The van der Waals surface area contributed by atoms with E-state index in [0.717, 1.165) is 17.7 Å². The van der Waals surface area contributed by atoms with Crippen molar-refractivity contribution in [1.29, 1.82) is 0 Å². The highest BCUT2D eigenvalue weighted by atomic mass is 35.5. The van der Waals surface area contributed by atoms with Gasteiger partial charge in [-0.15, -0.1) is 10.2 Å². The third-order valence-electron chi connectivity index (χ3n) is 2.80. The first-order valence-electron chi connectivity index (χ1n) is 6.09. The number of nitrogens with zero attached hydrogens (tertiary/aromatic N) is 4. The maximum atomic E-state index is 11.4. The van der Waals surface area contributed by atoms with Crippen LogP contribution in [0.25, 0.3) is 0 Å². The molecule has 0 saturated heterocycles. The summed E-state index contributed by atoms with van der Waals surface area (Å²) in [5.41, 5.74) is 7.52. The minimum Gasteiger partial charge on any atom is -0.365 e. The Morgan fingerprint density at radius 1 is 1.50 bits per heavy atom. The van der Waals surface area contributed by atoms with Crippen LogP contribution in [0.3, 0.4) is 0 Å². The highest BCUT2D eigenvalue weighted by molar-refractivity contribution is 6.29. The lowest BCUT2D eigenvalue weighted by Crippen LogP contribution is -2.16. The summed E-state index contributed by atoms with van der Waals surface area (Å²) in [4.78, 5) is 11.4. The van der Waals surface area contributed by atoms with Crippen LogP contribution in [0.2, 0.25) is 5.15 Å². The maximum Gasteiger partial charge on any atom is 0.252 e. The summed E-state index contributed by atoms with van der Waals surface area (Å²) in [5.74, 6) is -0.293. The van der Waals surface area contributed by atoms with Crippen molar-refractivity contribution in [3.63, 3.8) is 0 Å². The second-order valence-electron chi connectivity index (χ2n) is 4.28. The van der Waals surface area contributed by atoms with E-state index in [1.54, 1.807) is 4.68 Å². The second kappa shape index (κ2) is 5.87. The lowest BCUT2D eigenvalue weighted by molar-refractivity contribution is 0.100. The molecule has 0 bridgehead atoms. The van der Waals surface area contributed by atoms with Gasteiger partial charge < -0.3 is 11.1 Å². The predicted octanol–water partition coefficient (Wildman–Crippen LogP) is 1.14. The van der Waals surface area contributed by atoms with Gasteiger partial charge in [0.05, 0.1) is 11.3 Å². The molecule has 0 aliphatic carbocycles. The Balaban J connectivity index is 2.20. The van der Waals surface area contributed by atoms with E-state index < -0.39 is 5.91 Å². The van der Waals surface area contributed by atoms with E-state index in [-0.39, 0.29) is 10.7 Å². The molecule has 0 aliphatic rings. The molecule has 8 heteroatoms. The van der Waals surface area contributed by atoms with Crippen molar-refractivity contribution >= 4 is 23.3 Å². The molecule has 2 aromatic heterocycles. The number of anilines is 1. The number of amides is 1. The van der Waals surface area contributed by atoms with E-state index in [1.807, 2.05) is 20.2 Å². The molecule has 106 valence electrons. The van der Waals surface area contributed by atoms with Crippen LogP contribution in [0.15, 0.2) is 12.3 Å². The Morgan fingerprint density at radius 2 is 2.25 bits per heavy atom. The van der Waals surface area contributed by atoms with Crippen LogP contribution < -0.4 is 11.1 Å². The SMILES string of the molecule is CCc1nn(C)cc1CNc1nnc(Cl)cc1C(N)=O. The van der Waals surface area contributed by atoms with Crippen molar-refractivity contribution in [3.8, 4) is 0 Å². The van der Waals surface area contributed by atoms with Crippen LogP contribution >= 0.6 is 11.6 Å². The topological polar surface area (TPSA) is 98.7 Å². The van der Waals surface area contributed by atoms with Gasteiger partial charge in [-0.3, -0.25) is 9.48 Å². The van der Waals surface area contributed by atoms with E-state index in [4.69, 9.17) is 17.3 Å². The lowest BCUT2D eigenvalue weighted by Gasteiger charge is -2.08. The molecule has 3 N–H and O–H groups in total. The quantitative estimate of drug-likeness (QED) is 0.861. The Labute approximate surface area is 121 Å². The standard InChI is InChI=1S/C12H15ClN6O/c1-3-9-7(6-19(2)18-9)5-15-12-8(11(14)20)4-10(13)16-17-12/h4,6H,3,5H2,1-2H3,(H2,14,20)(H,15,17). The number of primary amides is 1. The van der Waals surface area contributed by atoms with E-state index in [0.29, 0.717) is 12.4 Å². The van der Waals surface area contributed by atoms with E-state index in [9.17, 15) is 4.79 Å². The Bertz CT molecular complexity index is 639. The van der Waals surface area contributed by atoms with Gasteiger partial charge in [-0.1, -0.05) is 18.5 Å². The lowest BCUT2D eigenvalue weighted by atomic mass is 10.2. The molecule has 2 rings (SSSR count). The number of halogens is 1. The first kappa shape index (κ1) is 14.3. The van der Waals surface area contributed by atoms with Crippen LogP contribution in [-0.4, -0.2) is 25.9 Å². The number of aryl methyl sites for hydroxylation is 2. The van der Waals surface area contributed by atoms with Crippen LogP contribution in [0, 0.1) is 0 Å². The molecular formula is C12H15ClN6O. The van der Waals surface area contributed by atoms with E-state index >= 15 is 0 Å². The largest absolute Gasteiger partial charge is 0.365 e. The smallest absolute Gasteiger partial charge is 0.252 e. The van der Waals surface area contributed by atoms with Gasteiger partial charge in [0.1, 0.15) is 0 Å². The fourth-order valence-corrected chi connectivity index (χ4v) is 2.04. The molecule has 2 aromatic rings. The zero-order chi connectivity index (χ0) is 14.7. The molecule has 0 atom stereocenters. The average Bonchev–Trinajstić information content (AvgIpc) is 2.77. The van der Waals surface area contributed by atoms with Crippen molar-refractivity contribution in [2.45, 2.75) is 19.9 Å². The number of nitrogens with two attached hydrogens (primary N) is 1. The van der Waals surface area contributed by atoms with Crippen molar-refractivity contribution in [2.24, 2.45) is 12.8 Å². The summed E-state index contributed by atoms with van der Waals surface area (Å²) in [5, 5.41) is 15.1. The van der Waals surface area contributed by atoms with Crippen LogP contribution in [0.1, 0.15) is 28.5 Å². The van der Waals surface area contributed by atoms with Gasteiger partial charge in [-0.2, -0.15) is 5.10 Å². The Morgan fingerprint density at radius 3 is 2.90 bits per heavy atom. The Hall–Kier alpha value is -2.15. The van der Waals surface area contributed by atoms with Crippen molar-refractivity contribution in [3.05, 3.63) is 34.2 Å². The molecule has 2 heterocycles. The summed E-state index contributed by atoms with van der Waals surface area (Å²) < 4.78 is 1.75. The predicted molar refractivity (Wildman–Crippen MR) is 75.5 cm³/mol. The fraction of sp³-hybridized carbons (Fsp3) is 0.333. The van der Waals surface area contributed by atoms with Crippen molar-refractivity contribution < 1.29 is 4.79 Å². The molecule has 7 nitrogen and oxygen atoms in total. The van der Waals surface area contributed by atoms with Crippen molar-refractivity contribution in [1.82, 2.24) is 20.0 Å². The molecule has 0 radical (unpaired) electrons. The van der Waals surface area contributed by atoms with Gasteiger partial charge in [0.25, 0.3) is 5.91 Å². The molecule has 0 aromatic carbocycles. The minimum atomic E-state index is -0.605. The first-order valence-corrected chi connectivity index (χ1v) is 6.47. The molecule has 20 heavy (non-hydrogen) atoms. The number of hydrogen-bond donors (Lipinski definition) is 2. The Kier molecular flexibility index (Phi) is 4.19. The van der Waals surface area contributed by atoms with Crippen molar-refractivity contribution in [2.75, 3.05) is 5.32 Å². The first-order chi connectivity index (χ1) is 9.51. The van der Waals surface area contributed by atoms with Gasteiger partial charge in [-0.25, -0.2) is 0 Å². The summed E-state index contributed by atoms with van der Waals surface area (Å²) in [6, 6.07) is 1.39. The molecule has 1 amide bonds. The maximum absolute atomic E-state index is 11.4. The van der Waals surface area contributed by atoms with Gasteiger partial charge >= 0.3 is 0 Å². The van der Waals surface area contributed by atoms with E-state index in [1.165, 1.54) is 6.07 Å². The minimum absolute atomic E-state index is 0.125. The summed E-state index contributed by atoms with van der Waals surface area (Å²) in [7, 11) is 1.86. The molecular weight excluding hydrogens is 280 g/mol. The molecule has 0 spiro atoms. The second-order valence-corrected chi connectivity index (χ2v) is 4.66. The third-order valence-corrected chi connectivity index (χ3v) is 2.99. The normalized spacial score (nSPS) is 10.6. The zero-order valence-corrected chi connectivity index (χ0v) is 12.0. The molecule has 0 fully saturated rings. The number of hydrogen-bond acceptors (Lipinski definition) is 5. The average molecular weight is 295 g/mol. The molecule has 0 aliphatic heterocycles. The summed E-state index contributed by atoms with van der Waals surface area (Å²) in [6.45, 7) is 2.51.